The highest BCUT2D eigenvalue weighted by Crippen LogP contribution is 2.54. The van der Waals surface area contributed by atoms with Crippen LogP contribution in [0.25, 0.3) is 33.6 Å². The number of ether oxygens (including phenoxy) is 1. The lowest BCUT2D eigenvalue weighted by Crippen LogP contribution is -2.56. The summed E-state index contributed by atoms with van der Waals surface area (Å²) in [4.78, 5) is 61.1. The van der Waals surface area contributed by atoms with Crippen molar-refractivity contribution in [2.45, 2.75) is 122 Å². The molecule has 0 unspecified atom stereocenters. The Bertz CT molecular complexity index is 2050. The number of H-pyrrole nitrogens is 2. The van der Waals surface area contributed by atoms with Crippen LogP contribution in [0.2, 0.25) is 0 Å². The van der Waals surface area contributed by atoms with E-state index in [1.54, 1.807) is 0 Å². The smallest absolute Gasteiger partial charge is 0.407 e. The highest BCUT2D eigenvalue weighted by atomic mass is 16.5. The maximum absolute atomic E-state index is 14.3. The van der Waals surface area contributed by atoms with Gasteiger partial charge in [-0.05, 0) is 80.2 Å². The first-order chi connectivity index (χ1) is 26.9. The van der Waals surface area contributed by atoms with Crippen LogP contribution in [0, 0.1) is 23.7 Å². The van der Waals surface area contributed by atoms with Crippen LogP contribution in [-0.4, -0.2) is 72.4 Å². The molecule has 3 N–H and O–H groups in total. The minimum absolute atomic E-state index is 0.0174. The molecule has 2 saturated carbocycles. The third kappa shape index (κ3) is 6.91. The number of rotatable bonds is 10. The van der Waals surface area contributed by atoms with E-state index in [9.17, 15) is 14.4 Å². The molecular weight excluding hydrogens is 703 g/mol. The topological polar surface area (TPSA) is 136 Å². The number of aromatic amines is 2. The van der Waals surface area contributed by atoms with E-state index in [1.165, 1.54) is 20.0 Å². The van der Waals surface area contributed by atoms with Crippen LogP contribution in [0.15, 0.2) is 60.9 Å². The number of imidazole rings is 2. The molecule has 0 bridgehead atoms. The third-order valence-electron chi connectivity index (χ3n) is 13.3. The molecule has 11 nitrogen and oxygen atoms in total. The fourth-order valence-corrected chi connectivity index (χ4v) is 10.5. The van der Waals surface area contributed by atoms with E-state index in [2.05, 4.69) is 89.5 Å². The van der Waals surface area contributed by atoms with Crippen LogP contribution in [0.5, 0.6) is 0 Å². The molecule has 2 aromatic carbocycles. The number of benzene rings is 2. The molecule has 7 atom stereocenters. The van der Waals surface area contributed by atoms with Gasteiger partial charge in [-0.15, -0.1) is 0 Å². The number of likely N-dealkylation sites (tertiary alicyclic amines) is 2. The fourth-order valence-electron chi connectivity index (χ4n) is 10.5. The number of nitrogens with zero attached hydrogens (tertiary/aromatic N) is 4. The second-order valence-electron chi connectivity index (χ2n) is 17.7. The number of nitrogens with one attached hydrogen (secondary N) is 3. The first kappa shape index (κ1) is 38.0. The molecular formula is C45H57N7O4. The molecule has 56 heavy (non-hydrogen) atoms. The van der Waals surface area contributed by atoms with Gasteiger partial charge in [0.2, 0.25) is 11.8 Å². The van der Waals surface area contributed by atoms with E-state index in [0.717, 1.165) is 83.8 Å². The molecule has 4 heterocycles. The van der Waals surface area contributed by atoms with Crippen molar-refractivity contribution in [2.24, 2.45) is 23.7 Å². The van der Waals surface area contributed by atoms with E-state index in [0.29, 0.717) is 30.2 Å². The van der Waals surface area contributed by atoms with Gasteiger partial charge in [0.25, 0.3) is 0 Å². The minimum atomic E-state index is -0.692. The van der Waals surface area contributed by atoms with Crippen molar-refractivity contribution in [3.63, 3.8) is 0 Å². The molecule has 0 radical (unpaired) electrons. The van der Waals surface area contributed by atoms with Crippen molar-refractivity contribution < 1.29 is 19.1 Å². The summed E-state index contributed by atoms with van der Waals surface area (Å²) in [5.74, 6) is 3.02. The summed E-state index contributed by atoms with van der Waals surface area (Å²) >= 11 is 0. The van der Waals surface area contributed by atoms with Crippen LogP contribution < -0.4 is 5.32 Å². The summed E-state index contributed by atoms with van der Waals surface area (Å²) in [6, 6.07) is 16.4. The molecule has 4 fully saturated rings. The first-order valence-electron chi connectivity index (χ1n) is 20.8. The molecule has 2 saturated heterocycles. The highest BCUT2D eigenvalue weighted by Gasteiger charge is 2.56. The molecule has 2 aliphatic heterocycles. The zero-order chi connectivity index (χ0) is 39.3. The van der Waals surface area contributed by atoms with Gasteiger partial charge in [-0.25, -0.2) is 14.8 Å². The van der Waals surface area contributed by atoms with Gasteiger partial charge in [0.15, 0.2) is 0 Å². The molecule has 11 heteroatoms. The molecule has 4 aliphatic rings. The third-order valence-corrected chi connectivity index (χ3v) is 13.3. The van der Waals surface area contributed by atoms with Gasteiger partial charge in [0, 0.05) is 41.5 Å². The number of carbonyl (C=O) groups is 3. The van der Waals surface area contributed by atoms with Crippen molar-refractivity contribution in [3.8, 4) is 33.6 Å². The Hall–Kier alpha value is -4.93. The summed E-state index contributed by atoms with van der Waals surface area (Å²) in [6.07, 6.45) is 12.3. The molecule has 2 aromatic heterocycles. The van der Waals surface area contributed by atoms with E-state index in [4.69, 9.17) is 14.7 Å². The standard InChI is InChI=1S/C45H57N7O4/c1-26(2)21-39(53)51-36-11-7-9-32(36)22-37(51)41-46-24-34(48-41)30-16-12-28(13-17-30)29-14-18-31(19-15-29)35-25-47-42(49-35)38-23-33-10-8-20-45(33,5)52(38)43(54)40(27(3)4)50-44(55)56-6/h12-19,24-27,32-33,36-38,40H,7-11,20-23H2,1-6H3,(H,46,48)(H,47,49)(H,50,55)/t32-,33-,36-,37-,38-,40-,45-/m0/s1. The fraction of sp³-hybridized carbons (Fsp3) is 0.533. The zero-order valence-electron chi connectivity index (χ0n) is 33.7. The average molecular weight is 760 g/mol. The molecule has 4 aromatic rings. The van der Waals surface area contributed by atoms with E-state index < -0.39 is 12.1 Å². The lowest BCUT2D eigenvalue weighted by atomic mass is 9.89. The number of alkyl carbamates (subject to hydrolysis) is 1. The normalized spacial score (nSPS) is 26.2. The van der Waals surface area contributed by atoms with Crippen molar-refractivity contribution in [2.75, 3.05) is 7.11 Å². The molecule has 0 spiro atoms. The lowest BCUT2D eigenvalue weighted by molar-refractivity contribution is -0.141. The van der Waals surface area contributed by atoms with Crippen molar-refractivity contribution >= 4 is 17.9 Å². The number of methoxy groups -OCH3 is 1. The highest BCUT2D eigenvalue weighted by molar-refractivity contribution is 5.87. The minimum Gasteiger partial charge on any atom is -0.453 e. The van der Waals surface area contributed by atoms with E-state index >= 15 is 0 Å². The van der Waals surface area contributed by atoms with Gasteiger partial charge in [0.1, 0.15) is 17.7 Å². The molecule has 296 valence electrons. The maximum atomic E-state index is 14.3. The Morgan fingerprint density at radius 2 is 1.41 bits per heavy atom. The average Bonchev–Trinajstić information content (AvgIpc) is 4.03. The second-order valence-corrected chi connectivity index (χ2v) is 17.7. The number of hydrogen-bond donors (Lipinski definition) is 3. The summed E-state index contributed by atoms with van der Waals surface area (Å²) in [7, 11) is 1.32. The van der Waals surface area contributed by atoms with Crippen molar-refractivity contribution in [3.05, 3.63) is 72.6 Å². The van der Waals surface area contributed by atoms with Gasteiger partial charge in [0.05, 0.1) is 30.6 Å². The van der Waals surface area contributed by atoms with Crippen LogP contribution in [0.4, 0.5) is 4.79 Å². The van der Waals surface area contributed by atoms with E-state index in [1.807, 2.05) is 31.1 Å². The van der Waals surface area contributed by atoms with Gasteiger partial charge in [-0.3, -0.25) is 9.59 Å². The number of amides is 3. The van der Waals surface area contributed by atoms with Crippen LogP contribution >= 0.6 is 0 Å². The van der Waals surface area contributed by atoms with Gasteiger partial charge in [-0.2, -0.15) is 0 Å². The lowest BCUT2D eigenvalue weighted by Gasteiger charge is -2.40. The first-order valence-corrected chi connectivity index (χ1v) is 20.8. The maximum Gasteiger partial charge on any atom is 0.407 e. The number of fused-ring (bicyclic) bond motifs is 2. The van der Waals surface area contributed by atoms with Gasteiger partial charge >= 0.3 is 6.09 Å². The van der Waals surface area contributed by atoms with Crippen molar-refractivity contribution in [1.29, 1.82) is 0 Å². The summed E-state index contributed by atoms with van der Waals surface area (Å²) < 4.78 is 4.87. The quantitative estimate of drug-likeness (QED) is 0.148. The van der Waals surface area contributed by atoms with Gasteiger partial charge in [-0.1, -0.05) is 89.1 Å². The Labute approximate surface area is 330 Å². The van der Waals surface area contributed by atoms with E-state index in [-0.39, 0.29) is 35.4 Å². The van der Waals surface area contributed by atoms with Crippen LogP contribution in [0.3, 0.4) is 0 Å². The number of carbonyl (C=O) groups excluding carboxylic acids is 3. The van der Waals surface area contributed by atoms with Crippen molar-refractivity contribution in [1.82, 2.24) is 35.1 Å². The SMILES string of the molecule is COC(=O)N[C@H](C(=O)N1[C@H](c2nc(-c3ccc(-c4ccc(-c5c[nH]c([C@@H]6C[C@@H]7CCC[C@@H]7N6C(=O)CC(C)C)n5)cc4)cc3)c[nH]2)C[C@@H]2CCC[C@@]21C)C(C)C. The van der Waals surface area contributed by atoms with Crippen LogP contribution in [-0.2, 0) is 14.3 Å². The Balaban J connectivity index is 0.965. The monoisotopic (exact) mass is 759 g/mol. The molecule has 2 aliphatic carbocycles. The van der Waals surface area contributed by atoms with Crippen LogP contribution in [0.1, 0.15) is 116 Å². The summed E-state index contributed by atoms with van der Waals surface area (Å²) in [5.41, 5.74) is 5.66. The Morgan fingerprint density at radius 3 is 1.98 bits per heavy atom. The largest absolute Gasteiger partial charge is 0.453 e. The predicted molar refractivity (Wildman–Crippen MR) is 216 cm³/mol. The predicted octanol–water partition coefficient (Wildman–Crippen LogP) is 8.83. The second kappa shape index (κ2) is 15.2. The van der Waals surface area contributed by atoms with Gasteiger partial charge < -0.3 is 29.8 Å². The number of hydrogen-bond acceptors (Lipinski definition) is 6. The summed E-state index contributed by atoms with van der Waals surface area (Å²) in [6.45, 7) is 10.3. The Morgan fingerprint density at radius 1 is 0.821 bits per heavy atom. The number of aromatic nitrogens is 4. The Kier molecular flexibility index (Phi) is 10.3. The summed E-state index contributed by atoms with van der Waals surface area (Å²) in [5, 5.41) is 2.80. The zero-order valence-corrected chi connectivity index (χ0v) is 33.7. The molecule has 8 rings (SSSR count). The molecule has 3 amide bonds.